The molecule has 0 N–H and O–H groups in total. The molecule has 0 bridgehead atoms. The Bertz CT molecular complexity index is 330. The topological polar surface area (TPSA) is 18.8 Å². The second-order valence-electron chi connectivity index (χ2n) is 4.66. The average molecular weight is 205 g/mol. The second-order valence-corrected chi connectivity index (χ2v) is 4.66. The monoisotopic (exact) mass is 205 g/mol. The Balaban J connectivity index is 1.82. The Morgan fingerprint density at radius 2 is 1.20 bits per heavy atom. The highest BCUT2D eigenvalue weighted by atomic mass is 15.3. The van der Waals surface area contributed by atoms with E-state index in [2.05, 4.69) is 14.8 Å². The Morgan fingerprint density at radius 1 is 0.800 bits per heavy atom. The minimum Gasteiger partial charge on any atom is -0.368 e. The SMILES string of the molecule is CN=c1c(N2CCCC2)c1N1CCCC1. The van der Waals surface area contributed by atoms with Gasteiger partial charge in [-0.05, 0) is 25.7 Å². The molecule has 2 aliphatic heterocycles. The number of anilines is 2. The fourth-order valence-electron chi connectivity index (χ4n) is 2.85. The van der Waals surface area contributed by atoms with Crippen LogP contribution in [0.5, 0.6) is 0 Å². The van der Waals surface area contributed by atoms with E-state index >= 15 is 0 Å². The molecular weight excluding hydrogens is 186 g/mol. The summed E-state index contributed by atoms with van der Waals surface area (Å²) in [6.07, 6.45) is 5.42. The van der Waals surface area contributed by atoms with Crippen LogP contribution < -0.4 is 15.2 Å². The molecule has 3 heteroatoms. The molecule has 3 rings (SSSR count). The first-order valence-corrected chi connectivity index (χ1v) is 6.13. The molecule has 0 spiro atoms. The molecule has 0 aliphatic carbocycles. The summed E-state index contributed by atoms with van der Waals surface area (Å²) in [4.78, 5) is 9.46. The molecule has 2 heterocycles. The lowest BCUT2D eigenvalue weighted by Crippen LogP contribution is -2.18. The maximum absolute atomic E-state index is 4.41. The van der Waals surface area contributed by atoms with Crippen LogP contribution in [0.15, 0.2) is 4.99 Å². The van der Waals surface area contributed by atoms with E-state index < -0.39 is 0 Å². The lowest BCUT2D eigenvalue weighted by molar-refractivity contribution is 0.949. The fraction of sp³-hybridized carbons (Fsp3) is 0.750. The van der Waals surface area contributed by atoms with Gasteiger partial charge < -0.3 is 9.80 Å². The average Bonchev–Trinajstić information content (AvgIpc) is 2.75. The van der Waals surface area contributed by atoms with Crippen LogP contribution in [0.4, 0.5) is 11.4 Å². The van der Waals surface area contributed by atoms with Crippen LogP contribution in [-0.4, -0.2) is 33.2 Å². The molecule has 82 valence electrons. The molecule has 3 nitrogen and oxygen atoms in total. The van der Waals surface area contributed by atoms with E-state index in [4.69, 9.17) is 0 Å². The van der Waals surface area contributed by atoms with Crippen LogP contribution in [0.3, 0.4) is 0 Å². The third-order valence-corrected chi connectivity index (χ3v) is 3.68. The van der Waals surface area contributed by atoms with Crippen molar-refractivity contribution in [1.82, 2.24) is 0 Å². The Hall–Kier alpha value is -0.990. The maximum atomic E-state index is 4.41. The lowest BCUT2D eigenvalue weighted by Gasteiger charge is -2.15. The van der Waals surface area contributed by atoms with Crippen LogP contribution in [-0.2, 0) is 0 Å². The summed E-state index contributed by atoms with van der Waals surface area (Å²) >= 11 is 0. The Kier molecular flexibility index (Phi) is 2.19. The van der Waals surface area contributed by atoms with Crippen molar-refractivity contribution in [1.29, 1.82) is 0 Å². The van der Waals surface area contributed by atoms with E-state index in [1.807, 2.05) is 7.05 Å². The van der Waals surface area contributed by atoms with Crippen molar-refractivity contribution in [3.63, 3.8) is 0 Å². The van der Waals surface area contributed by atoms with Crippen molar-refractivity contribution < 1.29 is 0 Å². The first kappa shape index (κ1) is 9.25. The molecule has 1 aromatic rings. The summed E-state index contributed by atoms with van der Waals surface area (Å²) in [7, 11) is 1.93. The van der Waals surface area contributed by atoms with Crippen LogP contribution in [0, 0.1) is 0 Å². The largest absolute Gasteiger partial charge is 0.368 e. The molecule has 0 radical (unpaired) electrons. The quantitative estimate of drug-likeness (QED) is 0.724. The van der Waals surface area contributed by atoms with Crippen LogP contribution in [0.1, 0.15) is 25.7 Å². The zero-order chi connectivity index (χ0) is 10.3. The van der Waals surface area contributed by atoms with Crippen molar-refractivity contribution in [2.45, 2.75) is 25.7 Å². The maximum Gasteiger partial charge on any atom is 0.108 e. The third-order valence-electron chi connectivity index (χ3n) is 3.68. The molecule has 0 saturated carbocycles. The first-order valence-electron chi connectivity index (χ1n) is 6.13. The summed E-state index contributed by atoms with van der Waals surface area (Å²) in [5.74, 6) is 0. The fourth-order valence-corrected chi connectivity index (χ4v) is 2.85. The standard InChI is InChI=1S/C12H19N3/c1-13-10-11(14-6-2-3-7-14)12(10)15-8-4-5-9-15/h2-9H2,1H3. The van der Waals surface area contributed by atoms with Crippen molar-refractivity contribution in [3.8, 4) is 0 Å². The summed E-state index contributed by atoms with van der Waals surface area (Å²) in [6.45, 7) is 4.97. The van der Waals surface area contributed by atoms with Gasteiger partial charge in [-0.1, -0.05) is 0 Å². The third kappa shape index (κ3) is 1.45. The lowest BCUT2D eigenvalue weighted by atomic mass is 10.4. The van der Waals surface area contributed by atoms with Gasteiger partial charge in [0.05, 0.1) is 11.4 Å². The van der Waals surface area contributed by atoms with E-state index in [-0.39, 0.29) is 0 Å². The smallest absolute Gasteiger partial charge is 0.108 e. The highest BCUT2D eigenvalue weighted by Crippen LogP contribution is 2.36. The zero-order valence-electron chi connectivity index (χ0n) is 9.50. The van der Waals surface area contributed by atoms with E-state index in [1.165, 1.54) is 68.6 Å². The molecule has 2 saturated heterocycles. The minimum atomic E-state index is 1.24. The molecule has 15 heavy (non-hydrogen) atoms. The molecule has 0 aromatic heterocycles. The highest BCUT2D eigenvalue weighted by molar-refractivity contribution is 5.85. The van der Waals surface area contributed by atoms with Crippen LogP contribution >= 0.6 is 0 Å². The van der Waals surface area contributed by atoms with Gasteiger partial charge in [-0.15, -0.1) is 0 Å². The normalized spacial score (nSPS) is 21.9. The van der Waals surface area contributed by atoms with Gasteiger partial charge in [0, 0.05) is 33.2 Å². The van der Waals surface area contributed by atoms with Gasteiger partial charge in [0.1, 0.15) is 5.36 Å². The Labute approximate surface area is 91.1 Å². The summed E-state index contributed by atoms with van der Waals surface area (Å²) in [6, 6.07) is 0. The van der Waals surface area contributed by atoms with Crippen molar-refractivity contribution >= 4 is 11.4 Å². The molecule has 2 fully saturated rings. The number of hydrogen-bond donors (Lipinski definition) is 0. The molecule has 0 atom stereocenters. The highest BCUT2D eigenvalue weighted by Gasteiger charge is 2.32. The summed E-state index contributed by atoms with van der Waals surface area (Å²) in [5.41, 5.74) is 2.94. The van der Waals surface area contributed by atoms with Gasteiger partial charge in [-0.2, -0.15) is 0 Å². The summed E-state index contributed by atoms with van der Waals surface area (Å²) in [5, 5.41) is 1.29. The number of nitrogens with zero attached hydrogens (tertiary/aromatic N) is 3. The van der Waals surface area contributed by atoms with Crippen molar-refractivity contribution in [2.24, 2.45) is 4.99 Å². The molecular formula is C12H19N3. The van der Waals surface area contributed by atoms with Crippen molar-refractivity contribution in [2.75, 3.05) is 43.0 Å². The molecule has 0 amide bonds. The minimum absolute atomic E-state index is 1.24. The predicted octanol–water partition coefficient (Wildman–Crippen LogP) is 1.29. The first-order chi connectivity index (χ1) is 7.42. The van der Waals surface area contributed by atoms with Crippen LogP contribution in [0.2, 0.25) is 0 Å². The Morgan fingerprint density at radius 3 is 1.53 bits per heavy atom. The van der Waals surface area contributed by atoms with Crippen molar-refractivity contribution in [3.05, 3.63) is 5.36 Å². The predicted molar refractivity (Wildman–Crippen MR) is 63.2 cm³/mol. The van der Waals surface area contributed by atoms with Gasteiger partial charge in [-0.25, -0.2) is 0 Å². The van der Waals surface area contributed by atoms with Crippen LogP contribution in [0.25, 0.3) is 0 Å². The van der Waals surface area contributed by atoms with Gasteiger partial charge in [-0.3, -0.25) is 4.99 Å². The molecule has 2 aliphatic rings. The van der Waals surface area contributed by atoms with Gasteiger partial charge in [0.25, 0.3) is 0 Å². The summed E-state index contributed by atoms with van der Waals surface area (Å²) < 4.78 is 0. The second kappa shape index (κ2) is 3.54. The zero-order valence-corrected chi connectivity index (χ0v) is 9.50. The van der Waals surface area contributed by atoms with E-state index in [1.54, 1.807) is 0 Å². The van der Waals surface area contributed by atoms with Gasteiger partial charge in [0.15, 0.2) is 0 Å². The van der Waals surface area contributed by atoms with E-state index in [9.17, 15) is 0 Å². The van der Waals surface area contributed by atoms with E-state index in [0.29, 0.717) is 0 Å². The van der Waals surface area contributed by atoms with Gasteiger partial charge >= 0.3 is 0 Å². The van der Waals surface area contributed by atoms with Gasteiger partial charge in [0.2, 0.25) is 0 Å². The molecule has 0 unspecified atom stereocenters. The number of hydrogen-bond acceptors (Lipinski definition) is 3. The van der Waals surface area contributed by atoms with E-state index in [0.717, 1.165) is 0 Å². The number of rotatable bonds is 2. The molecule has 1 aromatic carbocycles.